The second kappa shape index (κ2) is 11.1. The van der Waals surface area contributed by atoms with Crippen molar-refractivity contribution < 1.29 is 17.9 Å². The molecule has 3 aromatic rings. The summed E-state index contributed by atoms with van der Waals surface area (Å²) in [6.45, 7) is 2.50. The lowest BCUT2D eigenvalue weighted by Crippen LogP contribution is -2.32. The molecule has 0 bridgehead atoms. The summed E-state index contributed by atoms with van der Waals surface area (Å²) in [5, 5.41) is 4.92. The van der Waals surface area contributed by atoms with Gasteiger partial charge in [0.05, 0.1) is 18.6 Å². The maximum absolute atomic E-state index is 12.9. The first-order chi connectivity index (χ1) is 16.5. The highest BCUT2D eigenvalue weighted by atomic mass is 32.2. The van der Waals surface area contributed by atoms with Crippen LogP contribution in [0.5, 0.6) is 5.75 Å². The maximum Gasteiger partial charge on any atom is 0.243 e. The molecule has 2 heterocycles. The fraction of sp³-hybridized carbons (Fsp3) is 0.320. The SMILES string of the molecule is COc1ccccc1CN(CC(=O)Nc1ccc(S(=O)(=O)N2CCCC2)cc1)Cc1cccs1. The van der Waals surface area contributed by atoms with Gasteiger partial charge in [-0.1, -0.05) is 24.3 Å². The van der Waals surface area contributed by atoms with Crippen molar-refractivity contribution in [2.45, 2.75) is 30.8 Å². The van der Waals surface area contributed by atoms with Crippen LogP contribution in [0.2, 0.25) is 0 Å². The number of nitrogens with zero attached hydrogens (tertiary/aromatic N) is 2. The lowest BCUT2D eigenvalue weighted by Gasteiger charge is -2.22. The summed E-state index contributed by atoms with van der Waals surface area (Å²) in [5.74, 6) is 0.621. The van der Waals surface area contributed by atoms with Gasteiger partial charge in [-0.2, -0.15) is 4.31 Å². The molecule has 0 aliphatic carbocycles. The molecule has 1 aliphatic heterocycles. The summed E-state index contributed by atoms with van der Waals surface area (Å²) < 4.78 is 32.4. The quantitative estimate of drug-likeness (QED) is 0.453. The van der Waals surface area contributed by atoms with Crippen LogP contribution >= 0.6 is 11.3 Å². The second-order valence-corrected chi connectivity index (χ2v) is 11.2. The molecule has 1 saturated heterocycles. The summed E-state index contributed by atoms with van der Waals surface area (Å²) >= 11 is 1.65. The van der Waals surface area contributed by atoms with Gasteiger partial charge in [-0.25, -0.2) is 8.42 Å². The average molecular weight is 500 g/mol. The Balaban J connectivity index is 1.43. The van der Waals surface area contributed by atoms with Crippen LogP contribution in [0, 0.1) is 0 Å². The standard InChI is InChI=1S/C25H29N3O4S2/c1-32-24-9-3-2-7-20(24)17-27(18-22-8-6-16-33-22)19-25(29)26-21-10-12-23(13-11-21)34(30,31)28-14-4-5-15-28/h2-3,6-13,16H,4-5,14-15,17-19H2,1H3,(H,26,29). The number of carbonyl (C=O) groups excluding carboxylic acids is 1. The molecular formula is C25H29N3O4S2. The number of para-hydroxylation sites is 1. The molecule has 180 valence electrons. The zero-order valence-corrected chi connectivity index (χ0v) is 20.8. The predicted molar refractivity (Wildman–Crippen MR) is 134 cm³/mol. The Bertz CT molecular complexity index is 1190. The Kier molecular flexibility index (Phi) is 7.99. The highest BCUT2D eigenvalue weighted by molar-refractivity contribution is 7.89. The lowest BCUT2D eigenvalue weighted by atomic mass is 10.2. The van der Waals surface area contributed by atoms with Gasteiger partial charge in [-0.05, 0) is 54.6 Å². The van der Waals surface area contributed by atoms with E-state index in [1.54, 1.807) is 42.7 Å². The van der Waals surface area contributed by atoms with Crippen molar-refractivity contribution in [3.63, 3.8) is 0 Å². The minimum atomic E-state index is -3.47. The second-order valence-electron chi connectivity index (χ2n) is 8.22. The highest BCUT2D eigenvalue weighted by Crippen LogP contribution is 2.23. The summed E-state index contributed by atoms with van der Waals surface area (Å²) in [6, 6.07) is 18.2. The Labute approximate surface area is 205 Å². The summed E-state index contributed by atoms with van der Waals surface area (Å²) in [7, 11) is -1.83. The molecule has 34 heavy (non-hydrogen) atoms. The van der Waals surface area contributed by atoms with Crippen molar-refractivity contribution in [2.75, 3.05) is 32.1 Å². The van der Waals surface area contributed by atoms with Crippen molar-refractivity contribution in [1.82, 2.24) is 9.21 Å². The van der Waals surface area contributed by atoms with Gasteiger partial charge in [0, 0.05) is 42.3 Å². The largest absolute Gasteiger partial charge is 0.496 e. The van der Waals surface area contributed by atoms with E-state index in [2.05, 4.69) is 16.3 Å². The fourth-order valence-corrected chi connectivity index (χ4v) is 6.32. The Morgan fingerprint density at radius 1 is 1.03 bits per heavy atom. The molecule has 0 spiro atoms. The van der Waals surface area contributed by atoms with E-state index in [0.717, 1.165) is 24.2 Å². The van der Waals surface area contributed by atoms with Gasteiger partial charge in [0.1, 0.15) is 5.75 Å². The van der Waals surface area contributed by atoms with E-state index in [-0.39, 0.29) is 17.3 Å². The number of nitrogens with one attached hydrogen (secondary N) is 1. The summed E-state index contributed by atoms with van der Waals surface area (Å²) in [4.78, 5) is 16.4. The molecule has 0 unspecified atom stereocenters. The maximum atomic E-state index is 12.9. The van der Waals surface area contributed by atoms with E-state index in [9.17, 15) is 13.2 Å². The zero-order chi connectivity index (χ0) is 24.0. The monoisotopic (exact) mass is 499 g/mol. The highest BCUT2D eigenvalue weighted by Gasteiger charge is 2.27. The molecule has 2 aromatic carbocycles. The van der Waals surface area contributed by atoms with Gasteiger partial charge in [0.15, 0.2) is 0 Å². The number of hydrogen-bond acceptors (Lipinski definition) is 6. The van der Waals surface area contributed by atoms with Gasteiger partial charge >= 0.3 is 0 Å². The molecule has 0 radical (unpaired) electrons. The first kappa shape index (κ1) is 24.4. The van der Waals surface area contributed by atoms with E-state index in [1.807, 2.05) is 35.7 Å². The third-order valence-electron chi connectivity index (χ3n) is 5.75. The fourth-order valence-electron chi connectivity index (χ4n) is 4.06. The normalized spacial score (nSPS) is 14.4. The number of anilines is 1. The number of ether oxygens (including phenoxy) is 1. The summed E-state index contributed by atoms with van der Waals surface area (Å²) in [6.07, 6.45) is 1.79. The third kappa shape index (κ3) is 6.04. The predicted octanol–water partition coefficient (Wildman–Crippen LogP) is 4.18. The number of benzene rings is 2. The van der Waals surface area contributed by atoms with Crippen LogP contribution in [-0.4, -0.2) is 50.3 Å². The van der Waals surface area contributed by atoms with Crippen LogP contribution in [-0.2, 0) is 27.9 Å². The van der Waals surface area contributed by atoms with Crippen molar-refractivity contribution in [3.8, 4) is 5.75 Å². The first-order valence-electron chi connectivity index (χ1n) is 11.2. The van der Waals surface area contributed by atoms with E-state index in [4.69, 9.17) is 4.74 Å². The Morgan fingerprint density at radius 2 is 1.76 bits per heavy atom. The zero-order valence-electron chi connectivity index (χ0n) is 19.1. The van der Waals surface area contributed by atoms with Crippen LogP contribution in [0.25, 0.3) is 0 Å². The van der Waals surface area contributed by atoms with Crippen LogP contribution in [0.1, 0.15) is 23.3 Å². The number of methoxy groups -OCH3 is 1. The number of rotatable bonds is 10. The smallest absolute Gasteiger partial charge is 0.243 e. The minimum absolute atomic E-state index is 0.165. The topological polar surface area (TPSA) is 79.0 Å². The third-order valence-corrected chi connectivity index (χ3v) is 8.53. The van der Waals surface area contributed by atoms with Crippen LogP contribution in [0.4, 0.5) is 5.69 Å². The van der Waals surface area contributed by atoms with E-state index in [0.29, 0.717) is 31.9 Å². The molecule has 0 atom stereocenters. The molecule has 1 aromatic heterocycles. The lowest BCUT2D eigenvalue weighted by molar-refractivity contribution is -0.117. The van der Waals surface area contributed by atoms with Gasteiger partial charge in [0.2, 0.25) is 15.9 Å². The summed E-state index contributed by atoms with van der Waals surface area (Å²) in [5.41, 5.74) is 1.57. The van der Waals surface area contributed by atoms with Gasteiger partial charge in [-0.15, -0.1) is 11.3 Å². The van der Waals surface area contributed by atoms with Crippen LogP contribution in [0.3, 0.4) is 0 Å². The van der Waals surface area contributed by atoms with E-state index >= 15 is 0 Å². The number of sulfonamides is 1. The van der Waals surface area contributed by atoms with E-state index in [1.165, 1.54) is 9.18 Å². The molecule has 0 saturated carbocycles. The van der Waals surface area contributed by atoms with Crippen molar-refractivity contribution >= 4 is 33.0 Å². The number of carbonyl (C=O) groups is 1. The number of thiophene rings is 1. The molecular weight excluding hydrogens is 470 g/mol. The van der Waals surface area contributed by atoms with Crippen molar-refractivity contribution in [3.05, 3.63) is 76.5 Å². The van der Waals surface area contributed by atoms with Crippen LogP contribution < -0.4 is 10.1 Å². The molecule has 1 aliphatic rings. The molecule has 1 fully saturated rings. The first-order valence-corrected chi connectivity index (χ1v) is 13.5. The Hall–Kier alpha value is -2.72. The van der Waals surface area contributed by atoms with Crippen molar-refractivity contribution in [1.29, 1.82) is 0 Å². The number of hydrogen-bond donors (Lipinski definition) is 1. The number of amides is 1. The van der Waals surface area contributed by atoms with Gasteiger partial charge in [-0.3, -0.25) is 9.69 Å². The Morgan fingerprint density at radius 3 is 2.44 bits per heavy atom. The van der Waals surface area contributed by atoms with Gasteiger partial charge in [0.25, 0.3) is 0 Å². The molecule has 1 amide bonds. The molecule has 9 heteroatoms. The van der Waals surface area contributed by atoms with Gasteiger partial charge < -0.3 is 10.1 Å². The van der Waals surface area contributed by atoms with Crippen LogP contribution in [0.15, 0.2) is 70.9 Å². The van der Waals surface area contributed by atoms with Crippen molar-refractivity contribution in [2.24, 2.45) is 0 Å². The molecule has 4 rings (SSSR count). The average Bonchev–Trinajstić information content (AvgIpc) is 3.55. The van der Waals surface area contributed by atoms with E-state index < -0.39 is 10.0 Å². The molecule has 7 nitrogen and oxygen atoms in total. The minimum Gasteiger partial charge on any atom is -0.496 e. The molecule has 1 N–H and O–H groups in total.